The van der Waals surface area contributed by atoms with Crippen molar-refractivity contribution < 1.29 is 28.2 Å². The second-order valence-corrected chi connectivity index (χ2v) is 9.41. The number of methoxy groups -OCH3 is 1. The molecule has 0 radical (unpaired) electrons. The summed E-state index contributed by atoms with van der Waals surface area (Å²) in [5.41, 5.74) is 1.24. The van der Waals surface area contributed by atoms with Gasteiger partial charge in [0.15, 0.2) is 0 Å². The minimum absolute atomic E-state index is 0.0479. The summed E-state index contributed by atoms with van der Waals surface area (Å²) >= 11 is 6.19. The van der Waals surface area contributed by atoms with Crippen LogP contribution in [0, 0.1) is 11.7 Å². The van der Waals surface area contributed by atoms with Gasteiger partial charge in [0.25, 0.3) is 5.91 Å². The molecule has 1 heterocycles. The predicted molar refractivity (Wildman–Crippen MR) is 139 cm³/mol. The van der Waals surface area contributed by atoms with Gasteiger partial charge >= 0.3 is 6.09 Å². The number of likely N-dealkylation sites (N-methyl/N-ethyl adjacent to an activating group) is 1. The van der Waals surface area contributed by atoms with Crippen LogP contribution in [-0.4, -0.2) is 65.1 Å². The predicted octanol–water partition coefficient (Wildman–Crippen LogP) is 4.08. The van der Waals surface area contributed by atoms with E-state index in [4.69, 9.17) is 21.1 Å². The molecule has 202 valence electrons. The fourth-order valence-electron chi connectivity index (χ4n) is 4.35. The van der Waals surface area contributed by atoms with E-state index in [1.54, 1.807) is 24.3 Å². The standard InChI is InChI=1S/C27H35ClFN3O5/c1-30-22(13-18-5-4-11-36-17-18)16-32-26(33)23-15-20(8-9-24(23)29)25(19-6-3-7-21(28)14-19)37-12-10-31-27(34)35-2/h3,6-9,14-15,18,22,25,30H,4-5,10-13,16-17H2,1-2H3,(H,31,34)(H,32,33)/t18-,22-,25?/m1/s1. The molecule has 1 aliphatic heterocycles. The van der Waals surface area contributed by atoms with E-state index < -0.39 is 23.9 Å². The van der Waals surface area contributed by atoms with Crippen LogP contribution >= 0.6 is 11.6 Å². The number of ether oxygens (including phenoxy) is 3. The largest absolute Gasteiger partial charge is 0.453 e. The number of rotatable bonds is 12. The van der Waals surface area contributed by atoms with Crippen molar-refractivity contribution in [3.05, 3.63) is 70.0 Å². The summed E-state index contributed by atoms with van der Waals surface area (Å²) in [6.07, 6.45) is 1.80. The molecule has 0 aromatic heterocycles. The Bertz CT molecular complexity index is 1030. The summed E-state index contributed by atoms with van der Waals surface area (Å²) in [4.78, 5) is 24.3. The number of alkyl carbamates (subject to hydrolysis) is 1. The van der Waals surface area contributed by atoms with Crippen LogP contribution in [-0.2, 0) is 14.2 Å². The molecule has 1 unspecified atom stereocenters. The van der Waals surface area contributed by atoms with E-state index in [1.807, 2.05) is 13.1 Å². The topological polar surface area (TPSA) is 97.9 Å². The van der Waals surface area contributed by atoms with Crippen molar-refractivity contribution in [2.75, 3.05) is 47.1 Å². The maximum atomic E-state index is 14.7. The van der Waals surface area contributed by atoms with Crippen LogP contribution in [0.5, 0.6) is 0 Å². The Morgan fingerprint density at radius 2 is 2.00 bits per heavy atom. The Morgan fingerprint density at radius 3 is 2.70 bits per heavy atom. The van der Waals surface area contributed by atoms with Crippen molar-refractivity contribution in [1.29, 1.82) is 0 Å². The summed E-state index contributed by atoms with van der Waals surface area (Å²) in [6.45, 7) is 2.25. The molecule has 2 aromatic rings. The Labute approximate surface area is 222 Å². The lowest BCUT2D eigenvalue weighted by atomic mass is 9.94. The van der Waals surface area contributed by atoms with Gasteiger partial charge in [-0.2, -0.15) is 0 Å². The number of hydrogen-bond donors (Lipinski definition) is 3. The summed E-state index contributed by atoms with van der Waals surface area (Å²) in [5.74, 6) is -0.690. The Hall–Kier alpha value is -2.72. The first-order valence-electron chi connectivity index (χ1n) is 12.4. The molecular weight excluding hydrogens is 501 g/mol. The SMILES string of the molecule is CN[C@@H](CNC(=O)c1cc(C(OCCNC(=O)OC)c2cccc(Cl)c2)ccc1F)C[C@H]1CCCOC1. The summed E-state index contributed by atoms with van der Waals surface area (Å²) in [6, 6.07) is 11.5. The van der Waals surface area contributed by atoms with Gasteiger partial charge < -0.3 is 30.2 Å². The Kier molecular flexibility index (Phi) is 11.6. The van der Waals surface area contributed by atoms with E-state index in [0.29, 0.717) is 23.0 Å². The van der Waals surface area contributed by atoms with Crippen molar-refractivity contribution in [1.82, 2.24) is 16.0 Å². The molecule has 0 bridgehead atoms. The first kappa shape index (κ1) is 28.8. The molecule has 1 fully saturated rings. The van der Waals surface area contributed by atoms with E-state index in [2.05, 4.69) is 20.7 Å². The molecule has 8 nitrogen and oxygen atoms in total. The average Bonchev–Trinajstić information content (AvgIpc) is 2.91. The van der Waals surface area contributed by atoms with E-state index in [1.165, 1.54) is 19.2 Å². The van der Waals surface area contributed by atoms with Crippen LogP contribution in [0.4, 0.5) is 9.18 Å². The molecule has 3 N–H and O–H groups in total. The first-order valence-corrected chi connectivity index (χ1v) is 12.8. The number of nitrogens with one attached hydrogen (secondary N) is 3. The smallest absolute Gasteiger partial charge is 0.406 e. The van der Waals surface area contributed by atoms with Gasteiger partial charge in [0, 0.05) is 37.4 Å². The summed E-state index contributed by atoms with van der Waals surface area (Å²) in [7, 11) is 3.13. The zero-order valence-corrected chi connectivity index (χ0v) is 22.0. The van der Waals surface area contributed by atoms with E-state index in [-0.39, 0.29) is 24.8 Å². The normalized spacial score (nSPS) is 17.0. The van der Waals surface area contributed by atoms with Gasteiger partial charge in [0.2, 0.25) is 0 Å². The Balaban J connectivity index is 1.71. The third kappa shape index (κ3) is 8.96. The highest BCUT2D eigenvalue weighted by Crippen LogP contribution is 2.29. The second kappa shape index (κ2) is 14.9. The molecular formula is C27H35ClFN3O5. The zero-order valence-electron chi connectivity index (χ0n) is 21.2. The molecule has 3 rings (SSSR count). The molecule has 2 amide bonds. The number of benzene rings is 2. The summed E-state index contributed by atoms with van der Waals surface area (Å²) < 4.78 is 30.9. The lowest BCUT2D eigenvalue weighted by Gasteiger charge is -2.26. The third-order valence-electron chi connectivity index (χ3n) is 6.32. The van der Waals surface area contributed by atoms with Gasteiger partial charge in [-0.3, -0.25) is 4.79 Å². The second-order valence-electron chi connectivity index (χ2n) is 8.98. The highest BCUT2D eigenvalue weighted by molar-refractivity contribution is 6.30. The number of carbonyl (C=O) groups excluding carboxylic acids is 2. The molecule has 1 saturated heterocycles. The molecule has 0 spiro atoms. The van der Waals surface area contributed by atoms with Crippen molar-refractivity contribution >= 4 is 23.6 Å². The van der Waals surface area contributed by atoms with Crippen LogP contribution in [0.1, 0.15) is 46.9 Å². The molecule has 2 aromatic carbocycles. The molecule has 1 aliphatic rings. The van der Waals surface area contributed by atoms with Crippen LogP contribution in [0.3, 0.4) is 0 Å². The molecule has 0 aliphatic carbocycles. The van der Waals surface area contributed by atoms with Gasteiger partial charge in [-0.15, -0.1) is 0 Å². The molecule has 10 heteroatoms. The molecule has 0 saturated carbocycles. The maximum absolute atomic E-state index is 14.7. The van der Waals surface area contributed by atoms with E-state index in [9.17, 15) is 14.0 Å². The van der Waals surface area contributed by atoms with E-state index in [0.717, 1.165) is 38.0 Å². The maximum Gasteiger partial charge on any atom is 0.406 e. The monoisotopic (exact) mass is 535 g/mol. The third-order valence-corrected chi connectivity index (χ3v) is 6.56. The van der Waals surface area contributed by atoms with Gasteiger partial charge in [0.1, 0.15) is 11.9 Å². The number of carbonyl (C=O) groups is 2. The fourth-order valence-corrected chi connectivity index (χ4v) is 4.55. The first-order chi connectivity index (χ1) is 17.9. The molecule has 3 atom stereocenters. The lowest BCUT2D eigenvalue weighted by Crippen LogP contribution is -2.41. The van der Waals surface area contributed by atoms with Crippen LogP contribution in [0.25, 0.3) is 0 Å². The fraction of sp³-hybridized carbons (Fsp3) is 0.481. The van der Waals surface area contributed by atoms with Crippen LogP contribution in [0.15, 0.2) is 42.5 Å². The number of amides is 2. The van der Waals surface area contributed by atoms with Gasteiger partial charge in [0.05, 0.1) is 19.3 Å². The van der Waals surface area contributed by atoms with Crippen molar-refractivity contribution in [2.24, 2.45) is 5.92 Å². The van der Waals surface area contributed by atoms with Crippen molar-refractivity contribution in [3.63, 3.8) is 0 Å². The highest BCUT2D eigenvalue weighted by Gasteiger charge is 2.22. The van der Waals surface area contributed by atoms with Gasteiger partial charge in [-0.05, 0) is 67.6 Å². The lowest BCUT2D eigenvalue weighted by molar-refractivity contribution is 0.0478. The average molecular weight is 536 g/mol. The van der Waals surface area contributed by atoms with Gasteiger partial charge in [-0.1, -0.05) is 29.8 Å². The Morgan fingerprint density at radius 1 is 1.19 bits per heavy atom. The minimum atomic E-state index is -0.637. The number of halogens is 2. The van der Waals surface area contributed by atoms with Crippen molar-refractivity contribution in [2.45, 2.75) is 31.4 Å². The number of hydrogen-bond acceptors (Lipinski definition) is 6. The van der Waals surface area contributed by atoms with Gasteiger partial charge in [-0.25, -0.2) is 9.18 Å². The van der Waals surface area contributed by atoms with E-state index >= 15 is 0 Å². The van der Waals surface area contributed by atoms with Crippen LogP contribution < -0.4 is 16.0 Å². The molecule has 37 heavy (non-hydrogen) atoms. The van der Waals surface area contributed by atoms with Crippen LogP contribution in [0.2, 0.25) is 5.02 Å². The summed E-state index contributed by atoms with van der Waals surface area (Å²) in [5, 5.41) is 9.16. The minimum Gasteiger partial charge on any atom is -0.453 e. The quantitative estimate of drug-likeness (QED) is 0.354. The highest BCUT2D eigenvalue weighted by atomic mass is 35.5. The van der Waals surface area contributed by atoms with Crippen molar-refractivity contribution in [3.8, 4) is 0 Å². The zero-order chi connectivity index (χ0) is 26.6.